The van der Waals surface area contributed by atoms with Crippen molar-refractivity contribution >= 4 is 0 Å². The van der Waals surface area contributed by atoms with Gasteiger partial charge in [0.05, 0.1) is 17.5 Å². The highest BCUT2D eigenvalue weighted by Crippen LogP contribution is 2.33. The summed E-state index contributed by atoms with van der Waals surface area (Å²) in [6, 6.07) is 11.5. The molecule has 0 aliphatic heterocycles. The summed E-state index contributed by atoms with van der Waals surface area (Å²) in [5.41, 5.74) is 0.267. The van der Waals surface area contributed by atoms with Gasteiger partial charge in [0.25, 0.3) is 0 Å². The topological polar surface area (TPSA) is 50.8 Å². The average molecular weight is 343 g/mol. The van der Waals surface area contributed by atoms with Gasteiger partial charge in [-0.15, -0.1) is 0 Å². The van der Waals surface area contributed by atoms with Crippen molar-refractivity contribution < 1.29 is 17.9 Å². The van der Waals surface area contributed by atoms with Gasteiger partial charge in [-0.05, 0) is 35.9 Å². The van der Waals surface area contributed by atoms with E-state index in [0.717, 1.165) is 17.7 Å². The lowest BCUT2D eigenvalue weighted by atomic mass is 10.1. The van der Waals surface area contributed by atoms with E-state index in [0.29, 0.717) is 6.54 Å². The van der Waals surface area contributed by atoms with Gasteiger partial charge in [0.2, 0.25) is 0 Å². The predicted molar refractivity (Wildman–Crippen MR) is 84.0 cm³/mol. The Labute approximate surface area is 141 Å². The molecule has 0 saturated carbocycles. The van der Waals surface area contributed by atoms with Crippen molar-refractivity contribution in [3.05, 3.63) is 77.9 Å². The maximum absolute atomic E-state index is 12.8. The smallest absolute Gasteiger partial charge is 0.416 e. The first kappa shape index (κ1) is 16.6. The number of nitriles is 1. The largest absolute Gasteiger partial charge is 0.456 e. The molecule has 1 heterocycles. The third-order valence-electron chi connectivity index (χ3n) is 3.48. The fourth-order valence-corrected chi connectivity index (χ4v) is 2.30. The van der Waals surface area contributed by atoms with Crippen LogP contribution in [-0.2, 0) is 12.7 Å². The van der Waals surface area contributed by atoms with Crippen molar-refractivity contribution in [3.63, 3.8) is 0 Å². The van der Waals surface area contributed by atoms with Crippen molar-refractivity contribution in [1.29, 1.82) is 5.26 Å². The molecule has 7 heteroatoms. The maximum atomic E-state index is 12.8. The van der Waals surface area contributed by atoms with Crippen LogP contribution in [-0.4, -0.2) is 9.55 Å². The molecule has 0 radical (unpaired) electrons. The summed E-state index contributed by atoms with van der Waals surface area (Å²) in [7, 11) is 0. The van der Waals surface area contributed by atoms with Gasteiger partial charge in [-0.3, -0.25) is 0 Å². The molecular weight excluding hydrogens is 331 g/mol. The van der Waals surface area contributed by atoms with E-state index in [1.807, 2.05) is 10.6 Å². The summed E-state index contributed by atoms with van der Waals surface area (Å²) >= 11 is 0. The van der Waals surface area contributed by atoms with Gasteiger partial charge in [-0.2, -0.15) is 18.4 Å². The van der Waals surface area contributed by atoms with Gasteiger partial charge in [0.15, 0.2) is 0 Å². The van der Waals surface area contributed by atoms with Gasteiger partial charge in [0.1, 0.15) is 17.6 Å². The molecule has 0 aliphatic rings. The lowest BCUT2D eigenvalue weighted by molar-refractivity contribution is -0.137. The molecule has 0 unspecified atom stereocenters. The van der Waals surface area contributed by atoms with E-state index in [9.17, 15) is 18.4 Å². The van der Waals surface area contributed by atoms with Crippen LogP contribution in [0.15, 0.2) is 61.2 Å². The molecule has 0 atom stereocenters. The monoisotopic (exact) mass is 343 g/mol. The van der Waals surface area contributed by atoms with Crippen LogP contribution in [0.4, 0.5) is 13.2 Å². The Morgan fingerprint density at radius 2 is 2.00 bits per heavy atom. The number of rotatable bonds is 4. The van der Waals surface area contributed by atoms with Crippen LogP contribution < -0.4 is 4.74 Å². The number of benzene rings is 2. The van der Waals surface area contributed by atoms with Gasteiger partial charge in [0, 0.05) is 18.9 Å². The van der Waals surface area contributed by atoms with Gasteiger partial charge >= 0.3 is 6.18 Å². The fraction of sp³-hybridized carbons (Fsp3) is 0.111. The lowest BCUT2D eigenvalue weighted by Crippen LogP contribution is -2.04. The minimum Gasteiger partial charge on any atom is -0.456 e. The van der Waals surface area contributed by atoms with Crippen molar-refractivity contribution in [2.45, 2.75) is 12.7 Å². The fourth-order valence-electron chi connectivity index (χ4n) is 2.30. The summed E-state index contributed by atoms with van der Waals surface area (Å²) in [6.07, 6.45) is 0.613. The van der Waals surface area contributed by atoms with Crippen molar-refractivity contribution in [3.8, 4) is 17.6 Å². The summed E-state index contributed by atoms with van der Waals surface area (Å²) in [4.78, 5) is 3.95. The second kappa shape index (κ2) is 6.69. The Balaban J connectivity index is 1.89. The Bertz CT molecular complexity index is 912. The predicted octanol–water partition coefficient (Wildman–Crippen LogP) is 4.61. The summed E-state index contributed by atoms with van der Waals surface area (Å²) in [6.45, 7) is 0.505. The van der Waals surface area contributed by atoms with Crippen LogP contribution in [0.25, 0.3) is 0 Å². The highest BCUT2D eigenvalue weighted by atomic mass is 19.4. The van der Waals surface area contributed by atoms with Crippen molar-refractivity contribution in [1.82, 2.24) is 9.55 Å². The standard InChI is InChI=1S/C18H12F3N3O/c19-18(20,21)15-2-1-3-16(9-15)25-17-8-13(4-5-14(17)10-22)11-24-7-6-23-12-24/h1-9,12H,11H2. The molecule has 0 N–H and O–H groups in total. The van der Waals surface area contributed by atoms with Crippen molar-refractivity contribution in [2.75, 3.05) is 0 Å². The number of ether oxygens (including phenoxy) is 1. The van der Waals surface area contributed by atoms with E-state index >= 15 is 0 Å². The molecule has 126 valence electrons. The average Bonchev–Trinajstić information content (AvgIpc) is 3.08. The van der Waals surface area contributed by atoms with Crippen LogP contribution in [0, 0.1) is 11.3 Å². The number of hydrogen-bond acceptors (Lipinski definition) is 3. The molecule has 0 amide bonds. The number of aromatic nitrogens is 2. The van der Waals surface area contributed by atoms with Crippen molar-refractivity contribution in [2.24, 2.45) is 0 Å². The van der Waals surface area contributed by atoms with Crippen LogP contribution in [0.2, 0.25) is 0 Å². The third kappa shape index (κ3) is 3.98. The van der Waals surface area contributed by atoms with E-state index in [1.54, 1.807) is 36.9 Å². The highest BCUT2D eigenvalue weighted by molar-refractivity contribution is 5.48. The molecule has 2 aromatic carbocycles. The summed E-state index contributed by atoms with van der Waals surface area (Å²) in [5.74, 6) is 0.227. The number of alkyl halides is 3. The molecule has 0 fully saturated rings. The molecule has 0 bridgehead atoms. The molecule has 0 spiro atoms. The Kier molecular flexibility index (Phi) is 4.44. The molecule has 0 aliphatic carbocycles. The first-order valence-electron chi connectivity index (χ1n) is 7.29. The molecule has 3 aromatic rings. The first-order chi connectivity index (χ1) is 12.0. The number of halogens is 3. The number of hydrogen-bond donors (Lipinski definition) is 0. The van der Waals surface area contributed by atoms with Crippen LogP contribution in [0.5, 0.6) is 11.5 Å². The quantitative estimate of drug-likeness (QED) is 0.695. The number of nitrogens with zero attached hydrogens (tertiary/aromatic N) is 3. The van der Waals surface area contributed by atoms with E-state index in [4.69, 9.17) is 4.74 Å². The molecular formula is C18H12F3N3O. The Morgan fingerprint density at radius 3 is 2.68 bits per heavy atom. The molecule has 3 rings (SSSR count). The molecule has 1 aromatic heterocycles. The highest BCUT2D eigenvalue weighted by Gasteiger charge is 2.30. The zero-order valence-corrected chi connectivity index (χ0v) is 12.9. The maximum Gasteiger partial charge on any atom is 0.416 e. The molecule has 0 saturated heterocycles. The molecule has 4 nitrogen and oxygen atoms in total. The van der Waals surface area contributed by atoms with Gasteiger partial charge in [-0.1, -0.05) is 12.1 Å². The van der Waals surface area contributed by atoms with Crippen LogP contribution in [0.3, 0.4) is 0 Å². The number of imidazole rings is 1. The summed E-state index contributed by atoms with van der Waals surface area (Å²) in [5, 5.41) is 9.20. The normalized spacial score (nSPS) is 11.1. The Hall–Kier alpha value is -3.27. The second-order valence-electron chi connectivity index (χ2n) is 5.30. The molecule has 25 heavy (non-hydrogen) atoms. The van der Waals surface area contributed by atoms with E-state index in [1.165, 1.54) is 12.1 Å². The zero-order valence-electron chi connectivity index (χ0n) is 12.9. The van der Waals surface area contributed by atoms with E-state index < -0.39 is 11.7 Å². The van der Waals surface area contributed by atoms with Gasteiger partial charge < -0.3 is 9.30 Å². The minimum absolute atomic E-state index is 0.0195. The second-order valence-corrected chi connectivity index (χ2v) is 5.30. The third-order valence-corrected chi connectivity index (χ3v) is 3.48. The van der Waals surface area contributed by atoms with Gasteiger partial charge in [-0.25, -0.2) is 4.98 Å². The zero-order chi connectivity index (χ0) is 17.9. The van der Waals surface area contributed by atoms with Crippen LogP contribution in [0.1, 0.15) is 16.7 Å². The lowest BCUT2D eigenvalue weighted by Gasteiger charge is -2.12. The first-order valence-corrected chi connectivity index (χ1v) is 7.29. The summed E-state index contributed by atoms with van der Waals surface area (Å²) < 4.78 is 45.8. The van der Waals surface area contributed by atoms with E-state index in [2.05, 4.69) is 4.98 Å². The van der Waals surface area contributed by atoms with E-state index in [-0.39, 0.29) is 17.1 Å². The van der Waals surface area contributed by atoms with Crippen LogP contribution >= 0.6 is 0 Å². The SMILES string of the molecule is N#Cc1ccc(Cn2ccnc2)cc1Oc1cccc(C(F)(F)F)c1. The Morgan fingerprint density at radius 1 is 1.16 bits per heavy atom. The minimum atomic E-state index is -4.46.